The highest BCUT2D eigenvalue weighted by Gasteiger charge is 2.37. The molecule has 16 heteroatoms. The monoisotopic (exact) mass is 552 g/mol. The number of phosphoric ester groups is 1. The number of ether oxygens (including phenoxy) is 1. The van der Waals surface area contributed by atoms with Crippen molar-refractivity contribution < 1.29 is 32.8 Å². The van der Waals surface area contributed by atoms with E-state index in [0.717, 1.165) is 11.0 Å². The summed E-state index contributed by atoms with van der Waals surface area (Å²) in [5.74, 6) is -0.316. The van der Waals surface area contributed by atoms with Crippen molar-refractivity contribution in [3.8, 4) is 22.5 Å². The maximum atomic E-state index is 15.2. The topological polar surface area (TPSA) is 170 Å². The van der Waals surface area contributed by atoms with Crippen molar-refractivity contribution in [1.82, 2.24) is 34.3 Å². The van der Waals surface area contributed by atoms with Crippen LogP contribution in [0.25, 0.3) is 28.2 Å². The van der Waals surface area contributed by atoms with E-state index in [0.29, 0.717) is 28.3 Å². The van der Waals surface area contributed by atoms with Crippen LogP contribution in [-0.4, -0.2) is 56.8 Å². The fourth-order valence-electron chi connectivity index (χ4n) is 4.14. The van der Waals surface area contributed by atoms with E-state index in [1.54, 1.807) is 36.7 Å². The van der Waals surface area contributed by atoms with Crippen LogP contribution in [0, 0.1) is 5.82 Å². The zero-order valence-electron chi connectivity index (χ0n) is 19.8. The summed E-state index contributed by atoms with van der Waals surface area (Å²) in [5.41, 5.74) is 2.08. The van der Waals surface area contributed by atoms with E-state index < -0.39 is 32.5 Å². The van der Waals surface area contributed by atoms with Gasteiger partial charge in [0.15, 0.2) is 18.2 Å². The van der Waals surface area contributed by atoms with Gasteiger partial charge in [0.05, 0.1) is 17.5 Å². The Hall–Kier alpha value is -4.56. The standard InChI is InChI=1S/C23H18FN8O6P/c24-17-9-14(4-5-15(17)21-26-12-30(29-21)13-38-39(34,35)36)16-10-27-31-8-6-20(28-22(16)31)32-19(11-37-23(32)33)18-3-1-2-7-25-18/h1-10,12,19H,11,13H2,(H2,34,35,36)/t19-/m1/s1. The van der Waals surface area contributed by atoms with Gasteiger partial charge in [-0.1, -0.05) is 12.1 Å². The first-order chi connectivity index (χ1) is 18.8. The van der Waals surface area contributed by atoms with E-state index in [9.17, 15) is 9.36 Å². The van der Waals surface area contributed by atoms with Crippen LogP contribution in [-0.2, 0) is 20.6 Å². The maximum Gasteiger partial charge on any atom is 0.471 e. The van der Waals surface area contributed by atoms with Crippen molar-refractivity contribution in [2.24, 2.45) is 0 Å². The number of hydrogen-bond donors (Lipinski definition) is 2. The summed E-state index contributed by atoms with van der Waals surface area (Å²) >= 11 is 0. The number of phosphoric acid groups is 1. The Morgan fingerprint density at radius 3 is 2.79 bits per heavy atom. The molecule has 4 aromatic heterocycles. The number of rotatable bonds is 7. The Labute approximate surface area is 218 Å². The molecule has 1 saturated heterocycles. The molecule has 1 aliphatic heterocycles. The summed E-state index contributed by atoms with van der Waals surface area (Å²) in [6.07, 6.45) is 5.42. The van der Waals surface area contributed by atoms with E-state index in [1.165, 1.54) is 27.7 Å². The fraction of sp³-hybridized carbons (Fsp3) is 0.130. The van der Waals surface area contributed by atoms with Crippen LogP contribution in [0.5, 0.6) is 0 Å². The van der Waals surface area contributed by atoms with Crippen molar-refractivity contribution in [2.45, 2.75) is 12.8 Å². The minimum atomic E-state index is -4.70. The largest absolute Gasteiger partial charge is 0.471 e. The first-order valence-corrected chi connectivity index (χ1v) is 12.9. The van der Waals surface area contributed by atoms with Gasteiger partial charge in [-0.25, -0.2) is 37.8 Å². The number of cyclic esters (lactones) is 1. The van der Waals surface area contributed by atoms with Crippen molar-refractivity contribution in [3.05, 3.63) is 78.9 Å². The van der Waals surface area contributed by atoms with Crippen LogP contribution in [0.3, 0.4) is 0 Å². The van der Waals surface area contributed by atoms with Gasteiger partial charge in [0, 0.05) is 18.0 Å². The minimum Gasteiger partial charge on any atom is -0.446 e. The number of amides is 1. The molecule has 2 N–H and O–H groups in total. The van der Waals surface area contributed by atoms with Gasteiger partial charge in [-0.15, -0.1) is 5.10 Å². The maximum absolute atomic E-state index is 15.2. The Bertz CT molecular complexity index is 1740. The Kier molecular flexibility index (Phi) is 6.12. The molecular weight excluding hydrogens is 534 g/mol. The third-order valence-corrected chi connectivity index (χ3v) is 6.37. The first-order valence-electron chi connectivity index (χ1n) is 11.4. The van der Waals surface area contributed by atoms with E-state index in [1.807, 2.05) is 6.07 Å². The molecule has 1 fully saturated rings. The molecule has 0 bridgehead atoms. The van der Waals surface area contributed by atoms with Gasteiger partial charge in [-0.2, -0.15) is 5.10 Å². The average molecular weight is 552 g/mol. The Morgan fingerprint density at radius 1 is 1.15 bits per heavy atom. The van der Waals surface area contributed by atoms with Crippen LogP contribution in [0.2, 0.25) is 0 Å². The molecule has 0 unspecified atom stereocenters. The van der Waals surface area contributed by atoms with Crippen LogP contribution in [0.1, 0.15) is 11.7 Å². The molecule has 5 aromatic rings. The summed E-state index contributed by atoms with van der Waals surface area (Å²) < 4.78 is 38.2. The molecule has 39 heavy (non-hydrogen) atoms. The van der Waals surface area contributed by atoms with E-state index in [2.05, 4.69) is 29.7 Å². The van der Waals surface area contributed by atoms with Crippen molar-refractivity contribution in [2.75, 3.05) is 11.5 Å². The Balaban J connectivity index is 1.31. The van der Waals surface area contributed by atoms with E-state index in [4.69, 9.17) is 14.5 Å². The molecule has 0 spiro atoms. The van der Waals surface area contributed by atoms with Gasteiger partial charge in [-0.3, -0.25) is 9.51 Å². The summed E-state index contributed by atoms with van der Waals surface area (Å²) in [7, 11) is -4.70. The van der Waals surface area contributed by atoms with Gasteiger partial charge in [0.25, 0.3) is 0 Å². The fourth-order valence-corrected chi connectivity index (χ4v) is 4.41. The second kappa shape index (κ2) is 9.63. The number of carbonyl (C=O) groups excluding carboxylic acids is 1. The van der Waals surface area contributed by atoms with Gasteiger partial charge in [-0.05, 0) is 35.9 Å². The molecule has 0 saturated carbocycles. The first kappa shape index (κ1) is 24.8. The molecule has 1 aromatic carbocycles. The highest BCUT2D eigenvalue weighted by atomic mass is 31.2. The molecule has 1 aliphatic rings. The van der Waals surface area contributed by atoms with Gasteiger partial charge < -0.3 is 14.5 Å². The van der Waals surface area contributed by atoms with Crippen LogP contribution < -0.4 is 4.90 Å². The van der Waals surface area contributed by atoms with Crippen LogP contribution >= 0.6 is 7.82 Å². The van der Waals surface area contributed by atoms with Crippen molar-refractivity contribution in [1.29, 1.82) is 0 Å². The quantitative estimate of drug-likeness (QED) is 0.285. The molecule has 1 amide bonds. The summed E-state index contributed by atoms with van der Waals surface area (Å²) in [6, 6.07) is 11.0. The molecular formula is C23H18FN8O6P. The third-order valence-electron chi connectivity index (χ3n) is 5.92. The molecule has 5 heterocycles. The molecule has 6 rings (SSSR count). The van der Waals surface area contributed by atoms with Crippen LogP contribution in [0.4, 0.5) is 15.0 Å². The second-order valence-corrected chi connectivity index (χ2v) is 9.62. The molecule has 0 radical (unpaired) electrons. The summed E-state index contributed by atoms with van der Waals surface area (Å²) in [5, 5.41) is 8.29. The number of pyridine rings is 1. The van der Waals surface area contributed by atoms with Gasteiger partial charge >= 0.3 is 13.9 Å². The highest BCUT2D eigenvalue weighted by Crippen LogP contribution is 2.36. The number of hydrogen-bond acceptors (Lipinski definition) is 9. The summed E-state index contributed by atoms with van der Waals surface area (Å²) in [6.45, 7) is -0.435. The third kappa shape index (κ3) is 4.86. The lowest BCUT2D eigenvalue weighted by Gasteiger charge is -2.20. The van der Waals surface area contributed by atoms with Crippen LogP contribution in [0.15, 0.2) is 67.4 Å². The zero-order chi connectivity index (χ0) is 27.1. The molecule has 1 atom stereocenters. The lowest BCUT2D eigenvalue weighted by atomic mass is 10.1. The van der Waals surface area contributed by atoms with Gasteiger partial charge in [0.1, 0.15) is 30.6 Å². The lowest BCUT2D eigenvalue weighted by Crippen LogP contribution is -2.28. The number of benzene rings is 1. The lowest BCUT2D eigenvalue weighted by molar-refractivity contribution is 0.145. The van der Waals surface area contributed by atoms with E-state index >= 15 is 4.39 Å². The number of aromatic nitrogens is 7. The minimum absolute atomic E-state index is 0.00162. The number of anilines is 1. The normalized spacial score (nSPS) is 15.7. The predicted molar refractivity (Wildman–Crippen MR) is 131 cm³/mol. The predicted octanol–water partition coefficient (Wildman–Crippen LogP) is 2.95. The SMILES string of the molecule is O=C1OC[C@H](c2ccccn2)N1c1ccn2ncc(-c3ccc(-c4ncn(COP(=O)(O)O)n4)c(F)c3)c2n1. The number of halogens is 1. The smallest absolute Gasteiger partial charge is 0.446 e. The zero-order valence-corrected chi connectivity index (χ0v) is 20.7. The second-order valence-electron chi connectivity index (χ2n) is 8.38. The number of nitrogens with zero attached hydrogens (tertiary/aromatic N) is 8. The van der Waals surface area contributed by atoms with E-state index in [-0.39, 0.29) is 18.0 Å². The molecule has 0 aliphatic carbocycles. The number of carbonyl (C=O) groups is 1. The Morgan fingerprint density at radius 2 is 2.03 bits per heavy atom. The number of fused-ring (bicyclic) bond motifs is 1. The average Bonchev–Trinajstić information content (AvgIpc) is 3.65. The van der Waals surface area contributed by atoms with Gasteiger partial charge in [0.2, 0.25) is 0 Å². The summed E-state index contributed by atoms with van der Waals surface area (Å²) in [4.78, 5) is 44.6. The van der Waals surface area contributed by atoms with Crippen molar-refractivity contribution >= 4 is 25.4 Å². The molecule has 198 valence electrons. The molecule has 14 nitrogen and oxygen atoms in total. The highest BCUT2D eigenvalue weighted by molar-refractivity contribution is 7.46. The van der Waals surface area contributed by atoms with Crippen molar-refractivity contribution in [3.63, 3.8) is 0 Å².